The quantitative estimate of drug-likeness (QED) is 0.636. The molecule has 7 heteroatoms. The summed E-state index contributed by atoms with van der Waals surface area (Å²) in [6.07, 6.45) is 1.35. The van der Waals surface area contributed by atoms with Gasteiger partial charge in [-0.15, -0.1) is 0 Å². The molecule has 1 amide bonds. The van der Waals surface area contributed by atoms with E-state index in [-0.39, 0.29) is 30.0 Å². The van der Waals surface area contributed by atoms with Crippen LogP contribution < -0.4 is 16.0 Å². The van der Waals surface area contributed by atoms with Gasteiger partial charge in [-0.25, -0.2) is 8.78 Å². The number of aliphatic hydroxyl groups excluding tert-OH is 1. The Labute approximate surface area is 137 Å². The fourth-order valence-electron chi connectivity index (χ4n) is 2.44. The van der Waals surface area contributed by atoms with Crippen LogP contribution >= 0.6 is 0 Å². The fourth-order valence-corrected chi connectivity index (χ4v) is 2.44. The number of benzene rings is 2. The van der Waals surface area contributed by atoms with Gasteiger partial charge in [-0.1, -0.05) is 6.07 Å². The Morgan fingerprint density at radius 3 is 2.75 bits per heavy atom. The van der Waals surface area contributed by atoms with Crippen LogP contribution in [0.15, 0.2) is 42.6 Å². The molecule has 0 radical (unpaired) electrons. The molecule has 2 aromatic rings. The predicted octanol–water partition coefficient (Wildman–Crippen LogP) is 2.77. The highest BCUT2D eigenvalue weighted by atomic mass is 19.1. The maximum absolute atomic E-state index is 13.9. The molecule has 0 saturated carbocycles. The summed E-state index contributed by atoms with van der Waals surface area (Å²) >= 11 is 0. The summed E-state index contributed by atoms with van der Waals surface area (Å²) in [7, 11) is 0. The molecule has 0 aliphatic carbocycles. The number of rotatable bonds is 5. The second-order valence-corrected chi connectivity index (χ2v) is 5.16. The van der Waals surface area contributed by atoms with Gasteiger partial charge in [0.15, 0.2) is 0 Å². The van der Waals surface area contributed by atoms with Gasteiger partial charge in [-0.05, 0) is 30.3 Å². The van der Waals surface area contributed by atoms with E-state index in [1.807, 2.05) is 0 Å². The second-order valence-electron chi connectivity index (χ2n) is 5.16. The molecule has 0 spiro atoms. The zero-order valence-corrected chi connectivity index (χ0v) is 12.6. The van der Waals surface area contributed by atoms with E-state index >= 15 is 0 Å². The predicted molar refractivity (Wildman–Crippen MR) is 88.6 cm³/mol. The lowest BCUT2D eigenvalue weighted by molar-refractivity contribution is -0.110. The molecule has 3 rings (SSSR count). The number of aliphatic hydroxyl groups is 1. The third-order valence-electron chi connectivity index (χ3n) is 3.56. The summed E-state index contributed by atoms with van der Waals surface area (Å²) in [5.41, 5.74) is 1.41. The molecule has 24 heavy (non-hydrogen) atoms. The Balaban J connectivity index is 1.82. The van der Waals surface area contributed by atoms with E-state index in [0.717, 1.165) is 0 Å². The molecule has 1 aliphatic rings. The number of halogens is 2. The smallest absolute Gasteiger partial charge is 0.257 e. The molecule has 0 unspecified atom stereocenters. The zero-order chi connectivity index (χ0) is 17.1. The number of hydrogen-bond acceptors (Lipinski definition) is 4. The van der Waals surface area contributed by atoms with Crippen molar-refractivity contribution in [3.8, 4) is 0 Å². The lowest BCUT2D eigenvalue weighted by Crippen LogP contribution is -2.07. The number of fused-ring (bicyclic) bond motifs is 1. The van der Waals surface area contributed by atoms with Gasteiger partial charge in [0.05, 0.1) is 23.6 Å². The van der Waals surface area contributed by atoms with Gasteiger partial charge in [0.2, 0.25) is 0 Å². The van der Waals surface area contributed by atoms with Crippen molar-refractivity contribution in [2.75, 3.05) is 29.1 Å². The van der Waals surface area contributed by atoms with E-state index in [4.69, 9.17) is 5.11 Å². The van der Waals surface area contributed by atoms with Crippen LogP contribution in [0.2, 0.25) is 0 Å². The van der Waals surface area contributed by atoms with Gasteiger partial charge in [0.25, 0.3) is 5.91 Å². The molecule has 0 saturated heterocycles. The summed E-state index contributed by atoms with van der Waals surface area (Å²) in [6, 6.07) is 8.75. The topological polar surface area (TPSA) is 73.4 Å². The van der Waals surface area contributed by atoms with Crippen LogP contribution in [0.4, 0.5) is 25.8 Å². The molecule has 1 heterocycles. The van der Waals surface area contributed by atoms with E-state index < -0.39 is 17.5 Å². The van der Waals surface area contributed by atoms with Gasteiger partial charge in [-0.3, -0.25) is 4.79 Å². The number of anilines is 3. The second kappa shape index (κ2) is 6.67. The average molecular weight is 331 g/mol. The van der Waals surface area contributed by atoms with E-state index in [0.29, 0.717) is 11.4 Å². The minimum atomic E-state index is -0.506. The minimum Gasteiger partial charge on any atom is -0.395 e. The Bertz CT molecular complexity index is 821. The normalized spacial score (nSPS) is 14.5. The Morgan fingerprint density at radius 1 is 1.17 bits per heavy atom. The van der Waals surface area contributed by atoms with E-state index in [9.17, 15) is 13.6 Å². The van der Waals surface area contributed by atoms with Crippen LogP contribution in [-0.2, 0) is 4.79 Å². The van der Waals surface area contributed by atoms with E-state index in [1.54, 1.807) is 12.1 Å². The van der Waals surface area contributed by atoms with Crippen molar-refractivity contribution in [3.63, 3.8) is 0 Å². The lowest BCUT2D eigenvalue weighted by Gasteiger charge is -2.08. The molecule has 0 atom stereocenters. The highest BCUT2D eigenvalue weighted by molar-refractivity contribution is 6.31. The van der Waals surface area contributed by atoms with Crippen LogP contribution in [0.3, 0.4) is 0 Å². The van der Waals surface area contributed by atoms with Gasteiger partial charge >= 0.3 is 0 Å². The molecule has 2 aromatic carbocycles. The van der Waals surface area contributed by atoms with Crippen LogP contribution in [-0.4, -0.2) is 24.2 Å². The van der Waals surface area contributed by atoms with Crippen molar-refractivity contribution in [3.05, 3.63) is 59.8 Å². The molecule has 5 nitrogen and oxygen atoms in total. The van der Waals surface area contributed by atoms with Crippen molar-refractivity contribution in [1.82, 2.24) is 0 Å². The Hall–Kier alpha value is -2.93. The number of nitrogens with one attached hydrogen (secondary N) is 3. The van der Waals surface area contributed by atoms with Crippen LogP contribution in [0.25, 0.3) is 5.57 Å². The highest BCUT2D eigenvalue weighted by Gasteiger charge is 2.27. The molecule has 0 bridgehead atoms. The third kappa shape index (κ3) is 3.07. The molecular weight excluding hydrogens is 316 g/mol. The number of hydrogen-bond donors (Lipinski definition) is 4. The van der Waals surface area contributed by atoms with Crippen molar-refractivity contribution < 1.29 is 18.7 Å². The van der Waals surface area contributed by atoms with Crippen LogP contribution in [0.5, 0.6) is 0 Å². The van der Waals surface area contributed by atoms with Crippen LogP contribution in [0.1, 0.15) is 5.56 Å². The maximum atomic E-state index is 13.9. The highest BCUT2D eigenvalue weighted by Crippen LogP contribution is 2.33. The molecule has 4 N–H and O–H groups in total. The van der Waals surface area contributed by atoms with E-state index in [2.05, 4.69) is 16.0 Å². The third-order valence-corrected chi connectivity index (χ3v) is 3.56. The number of carbonyl (C=O) groups is 1. The largest absolute Gasteiger partial charge is 0.395 e. The van der Waals surface area contributed by atoms with Gasteiger partial charge in [-0.2, -0.15) is 0 Å². The SMILES string of the molecule is O=C1Nc2cccc(F)c2C1=CNc1ccc(NCCO)c(F)c1. The molecule has 0 aromatic heterocycles. The van der Waals surface area contributed by atoms with E-state index in [1.165, 1.54) is 30.5 Å². The summed E-state index contributed by atoms with van der Waals surface area (Å²) < 4.78 is 27.8. The lowest BCUT2D eigenvalue weighted by atomic mass is 10.1. The minimum absolute atomic E-state index is 0.106. The van der Waals surface area contributed by atoms with Crippen molar-refractivity contribution in [1.29, 1.82) is 0 Å². The zero-order valence-electron chi connectivity index (χ0n) is 12.6. The van der Waals surface area contributed by atoms with Crippen LogP contribution in [0, 0.1) is 11.6 Å². The summed E-state index contributed by atoms with van der Waals surface area (Å²) in [5.74, 6) is -1.44. The molecule has 1 aliphatic heterocycles. The number of amides is 1. The first-order chi connectivity index (χ1) is 11.6. The van der Waals surface area contributed by atoms with Crippen molar-refractivity contribution >= 4 is 28.5 Å². The number of carbonyl (C=O) groups excluding carboxylic acids is 1. The van der Waals surface area contributed by atoms with Gasteiger partial charge in [0, 0.05) is 24.0 Å². The van der Waals surface area contributed by atoms with Gasteiger partial charge in [0.1, 0.15) is 11.6 Å². The van der Waals surface area contributed by atoms with Crippen molar-refractivity contribution in [2.45, 2.75) is 0 Å². The molecule has 0 fully saturated rings. The summed E-state index contributed by atoms with van der Waals surface area (Å²) in [5, 5.41) is 16.8. The first kappa shape index (κ1) is 15.9. The summed E-state index contributed by atoms with van der Waals surface area (Å²) in [6.45, 7) is 0.135. The first-order valence-electron chi connectivity index (χ1n) is 7.31. The molecular formula is C17H15F2N3O2. The van der Waals surface area contributed by atoms with Crippen molar-refractivity contribution in [2.24, 2.45) is 0 Å². The Morgan fingerprint density at radius 2 is 2.00 bits per heavy atom. The average Bonchev–Trinajstić information content (AvgIpc) is 2.89. The Kier molecular flexibility index (Phi) is 4.43. The maximum Gasteiger partial charge on any atom is 0.257 e. The monoisotopic (exact) mass is 331 g/mol. The van der Waals surface area contributed by atoms with Gasteiger partial charge < -0.3 is 21.1 Å². The summed E-state index contributed by atoms with van der Waals surface area (Å²) in [4.78, 5) is 12.0. The fraction of sp³-hybridized carbons (Fsp3) is 0.118. The molecule has 124 valence electrons. The first-order valence-corrected chi connectivity index (χ1v) is 7.31. The standard InChI is InChI=1S/C17H15F2N3O2/c18-12-2-1-3-15-16(12)11(17(24)22-15)9-21-10-4-5-14(13(19)8-10)20-6-7-23/h1-5,8-9,20-21,23H,6-7H2,(H,22,24).